The van der Waals surface area contributed by atoms with E-state index in [1.807, 2.05) is 0 Å². The van der Waals surface area contributed by atoms with Gasteiger partial charge >= 0.3 is 6.03 Å². The number of hydrogen-bond donors (Lipinski definition) is 2. The number of amides is 4. The van der Waals surface area contributed by atoms with Gasteiger partial charge in [0.1, 0.15) is 23.7 Å². The molecule has 1 unspecified atom stereocenters. The van der Waals surface area contributed by atoms with Crippen LogP contribution in [-0.4, -0.2) is 36.4 Å². The number of urea groups is 1. The standard InChI is InChI=1S/C19H17BrFN3O4/c1-19(11-3-6-13(28-2)7-4-11)17(26)24(18(27)23-19)10-16(25)22-15-8-5-12(20)9-14(15)21/h3-9H,10H2,1-2H3,(H,22,25)(H,23,27). The minimum atomic E-state index is -1.31. The van der Waals surface area contributed by atoms with Crippen molar-refractivity contribution in [3.8, 4) is 5.75 Å². The molecule has 2 aromatic carbocycles. The lowest BCUT2D eigenvalue weighted by molar-refractivity contribution is -0.133. The Labute approximate surface area is 169 Å². The van der Waals surface area contributed by atoms with Crippen LogP contribution < -0.4 is 15.4 Å². The molecular weight excluding hydrogens is 433 g/mol. The normalized spacial score (nSPS) is 18.8. The number of nitrogens with zero attached hydrogens (tertiary/aromatic N) is 1. The highest BCUT2D eigenvalue weighted by atomic mass is 79.9. The van der Waals surface area contributed by atoms with E-state index in [1.54, 1.807) is 37.3 Å². The third-order valence-electron chi connectivity index (χ3n) is 4.45. The third-order valence-corrected chi connectivity index (χ3v) is 4.94. The van der Waals surface area contributed by atoms with Gasteiger partial charge in [-0.05, 0) is 42.8 Å². The van der Waals surface area contributed by atoms with Crippen LogP contribution in [0.2, 0.25) is 0 Å². The molecule has 1 aliphatic heterocycles. The summed E-state index contributed by atoms with van der Waals surface area (Å²) < 4.78 is 19.5. The molecule has 1 heterocycles. The average molecular weight is 450 g/mol. The zero-order valence-electron chi connectivity index (χ0n) is 15.1. The topological polar surface area (TPSA) is 87.7 Å². The number of carbonyl (C=O) groups excluding carboxylic acids is 3. The highest BCUT2D eigenvalue weighted by Gasteiger charge is 2.49. The molecule has 28 heavy (non-hydrogen) atoms. The number of imide groups is 1. The van der Waals surface area contributed by atoms with Crippen molar-refractivity contribution in [2.45, 2.75) is 12.5 Å². The van der Waals surface area contributed by atoms with E-state index in [-0.39, 0.29) is 5.69 Å². The highest BCUT2D eigenvalue weighted by molar-refractivity contribution is 9.10. The van der Waals surface area contributed by atoms with Gasteiger partial charge in [0, 0.05) is 4.47 Å². The van der Waals surface area contributed by atoms with Crippen molar-refractivity contribution in [1.29, 1.82) is 0 Å². The lowest BCUT2D eigenvalue weighted by Crippen LogP contribution is -2.42. The third kappa shape index (κ3) is 3.70. The number of nitrogens with one attached hydrogen (secondary N) is 2. The number of ether oxygens (including phenoxy) is 1. The Kier molecular flexibility index (Phi) is 5.37. The fourth-order valence-corrected chi connectivity index (χ4v) is 3.22. The first-order valence-electron chi connectivity index (χ1n) is 8.28. The van der Waals surface area contributed by atoms with Crippen molar-refractivity contribution in [3.05, 3.63) is 58.3 Å². The van der Waals surface area contributed by atoms with Crippen LogP contribution in [0.3, 0.4) is 0 Å². The van der Waals surface area contributed by atoms with Crippen LogP contribution in [0.5, 0.6) is 5.75 Å². The molecule has 3 rings (SSSR count). The summed E-state index contributed by atoms with van der Waals surface area (Å²) in [6.07, 6.45) is 0. The zero-order valence-corrected chi connectivity index (χ0v) is 16.7. The summed E-state index contributed by atoms with van der Waals surface area (Å²) in [5, 5.41) is 4.97. The van der Waals surface area contributed by atoms with Gasteiger partial charge in [0.05, 0.1) is 12.8 Å². The van der Waals surface area contributed by atoms with E-state index in [2.05, 4.69) is 26.6 Å². The summed E-state index contributed by atoms with van der Waals surface area (Å²) in [6.45, 7) is 1.02. The summed E-state index contributed by atoms with van der Waals surface area (Å²) in [4.78, 5) is 38.2. The van der Waals surface area contributed by atoms with Crippen LogP contribution in [-0.2, 0) is 15.1 Å². The molecule has 1 atom stereocenters. The van der Waals surface area contributed by atoms with Crippen LogP contribution >= 0.6 is 15.9 Å². The Bertz CT molecular complexity index is 951. The van der Waals surface area contributed by atoms with Crippen molar-refractivity contribution < 1.29 is 23.5 Å². The number of hydrogen-bond acceptors (Lipinski definition) is 4. The van der Waals surface area contributed by atoms with Crippen molar-refractivity contribution in [2.75, 3.05) is 19.0 Å². The van der Waals surface area contributed by atoms with Crippen molar-refractivity contribution in [2.24, 2.45) is 0 Å². The van der Waals surface area contributed by atoms with Crippen LogP contribution in [0, 0.1) is 5.82 Å². The van der Waals surface area contributed by atoms with E-state index in [0.29, 0.717) is 15.8 Å². The van der Waals surface area contributed by atoms with Gasteiger partial charge in [0.2, 0.25) is 5.91 Å². The molecule has 2 N–H and O–H groups in total. The highest BCUT2D eigenvalue weighted by Crippen LogP contribution is 2.30. The van der Waals surface area contributed by atoms with Crippen molar-refractivity contribution in [1.82, 2.24) is 10.2 Å². The molecule has 2 aromatic rings. The molecule has 9 heteroatoms. The Morgan fingerprint density at radius 2 is 1.93 bits per heavy atom. The molecule has 0 radical (unpaired) electrons. The molecular formula is C19H17BrFN3O4. The van der Waals surface area contributed by atoms with E-state index >= 15 is 0 Å². The van der Waals surface area contributed by atoms with Crippen molar-refractivity contribution in [3.63, 3.8) is 0 Å². The Hall–Kier alpha value is -2.94. The molecule has 0 aliphatic carbocycles. The first kappa shape index (κ1) is 19.8. The summed E-state index contributed by atoms with van der Waals surface area (Å²) in [7, 11) is 1.52. The molecule has 0 saturated carbocycles. The largest absolute Gasteiger partial charge is 0.497 e. The molecule has 4 amide bonds. The number of anilines is 1. The predicted molar refractivity (Wildman–Crippen MR) is 103 cm³/mol. The molecule has 7 nitrogen and oxygen atoms in total. The molecule has 1 fully saturated rings. The average Bonchev–Trinajstić information content (AvgIpc) is 2.88. The molecule has 1 aliphatic rings. The van der Waals surface area contributed by atoms with Crippen LogP contribution in [0.4, 0.5) is 14.9 Å². The number of methoxy groups -OCH3 is 1. The fraction of sp³-hybridized carbons (Fsp3) is 0.211. The maximum Gasteiger partial charge on any atom is 0.325 e. The van der Waals surface area contributed by atoms with Gasteiger partial charge in [-0.3, -0.25) is 14.5 Å². The van der Waals surface area contributed by atoms with Gasteiger partial charge in [-0.15, -0.1) is 0 Å². The second-order valence-electron chi connectivity index (χ2n) is 6.35. The van der Waals surface area contributed by atoms with E-state index in [9.17, 15) is 18.8 Å². The SMILES string of the molecule is COc1ccc(C2(C)NC(=O)N(CC(=O)Nc3ccc(Br)cc3F)C2=O)cc1. The minimum Gasteiger partial charge on any atom is -0.497 e. The fourth-order valence-electron chi connectivity index (χ4n) is 2.88. The maximum absolute atomic E-state index is 13.9. The van der Waals surface area contributed by atoms with Crippen LogP contribution in [0.25, 0.3) is 0 Å². The summed E-state index contributed by atoms with van der Waals surface area (Å²) >= 11 is 3.13. The molecule has 1 saturated heterocycles. The quantitative estimate of drug-likeness (QED) is 0.686. The molecule has 146 valence electrons. The van der Waals surface area contributed by atoms with Gasteiger partial charge in [-0.2, -0.15) is 0 Å². The van der Waals surface area contributed by atoms with E-state index in [0.717, 1.165) is 4.90 Å². The summed E-state index contributed by atoms with van der Waals surface area (Å²) in [5.74, 6) is -1.29. The number of rotatable bonds is 5. The van der Waals surface area contributed by atoms with Gasteiger partial charge in [-0.1, -0.05) is 28.1 Å². The second-order valence-corrected chi connectivity index (χ2v) is 7.26. The smallest absolute Gasteiger partial charge is 0.325 e. The Balaban J connectivity index is 1.74. The van der Waals surface area contributed by atoms with Gasteiger partial charge in [0.25, 0.3) is 5.91 Å². The number of benzene rings is 2. The van der Waals surface area contributed by atoms with Gasteiger partial charge in [0.15, 0.2) is 0 Å². The second kappa shape index (κ2) is 7.59. The monoisotopic (exact) mass is 449 g/mol. The predicted octanol–water partition coefficient (Wildman–Crippen LogP) is 3.00. The lowest BCUT2D eigenvalue weighted by Gasteiger charge is -2.22. The summed E-state index contributed by atoms with van der Waals surface area (Å²) in [5.41, 5.74) is -0.807. The first-order valence-corrected chi connectivity index (χ1v) is 9.07. The molecule has 0 spiro atoms. The minimum absolute atomic E-state index is 0.0434. The number of carbonyl (C=O) groups is 3. The van der Waals surface area contributed by atoms with E-state index in [4.69, 9.17) is 4.74 Å². The lowest BCUT2D eigenvalue weighted by atomic mass is 9.92. The van der Waals surface area contributed by atoms with E-state index in [1.165, 1.54) is 19.2 Å². The Morgan fingerprint density at radius 3 is 2.54 bits per heavy atom. The van der Waals surface area contributed by atoms with Gasteiger partial charge < -0.3 is 15.4 Å². The Morgan fingerprint density at radius 1 is 1.25 bits per heavy atom. The summed E-state index contributed by atoms with van der Waals surface area (Å²) in [6, 6.07) is 10.1. The van der Waals surface area contributed by atoms with Gasteiger partial charge in [-0.25, -0.2) is 9.18 Å². The number of halogens is 2. The molecule has 0 bridgehead atoms. The van der Waals surface area contributed by atoms with Crippen molar-refractivity contribution >= 4 is 39.5 Å². The molecule has 0 aromatic heterocycles. The maximum atomic E-state index is 13.9. The van der Waals surface area contributed by atoms with Crippen LogP contribution in [0.1, 0.15) is 12.5 Å². The first-order chi connectivity index (χ1) is 13.2. The zero-order chi connectivity index (χ0) is 20.5. The van der Waals surface area contributed by atoms with Crippen LogP contribution in [0.15, 0.2) is 46.9 Å². The van der Waals surface area contributed by atoms with E-state index < -0.39 is 35.7 Å².